The van der Waals surface area contributed by atoms with Crippen LogP contribution in [-0.2, 0) is 9.59 Å². The Labute approximate surface area is 83.1 Å². The first-order chi connectivity index (χ1) is 6.59. The molecule has 0 unspecified atom stereocenters. The van der Waals surface area contributed by atoms with E-state index in [0.29, 0.717) is 13.1 Å². The van der Waals surface area contributed by atoms with Crippen molar-refractivity contribution >= 4 is 11.8 Å². The molecule has 2 N–H and O–H groups in total. The van der Waals surface area contributed by atoms with Gasteiger partial charge in [-0.1, -0.05) is 0 Å². The van der Waals surface area contributed by atoms with Gasteiger partial charge in [0.2, 0.25) is 11.8 Å². The molecule has 5 heteroatoms. The van der Waals surface area contributed by atoms with E-state index in [0.717, 1.165) is 12.8 Å². The van der Waals surface area contributed by atoms with E-state index in [4.69, 9.17) is 0 Å². The van der Waals surface area contributed by atoms with E-state index < -0.39 is 6.10 Å². The Balaban J connectivity index is 2.32. The number of carbonyl (C=O) groups excluding carboxylic acids is 2. The van der Waals surface area contributed by atoms with Crippen LogP contribution in [0.4, 0.5) is 0 Å². The molecule has 0 spiro atoms. The molecule has 1 heterocycles. The van der Waals surface area contributed by atoms with Crippen molar-refractivity contribution in [3.63, 3.8) is 0 Å². The normalized spacial score (nSPS) is 21.9. The van der Waals surface area contributed by atoms with Crippen molar-refractivity contribution in [2.24, 2.45) is 0 Å². The maximum atomic E-state index is 11.4. The van der Waals surface area contributed by atoms with Crippen LogP contribution in [0.5, 0.6) is 0 Å². The second-order valence-electron chi connectivity index (χ2n) is 3.55. The van der Waals surface area contributed by atoms with Gasteiger partial charge in [0.25, 0.3) is 0 Å². The molecular formula is C9H16N2O3. The third-order valence-corrected chi connectivity index (χ3v) is 2.24. The van der Waals surface area contributed by atoms with Crippen LogP contribution in [0, 0.1) is 0 Å². The maximum Gasteiger partial charge on any atom is 0.242 e. The number of hydrogen-bond acceptors (Lipinski definition) is 3. The third kappa shape index (κ3) is 3.33. The van der Waals surface area contributed by atoms with Crippen LogP contribution in [-0.4, -0.2) is 47.6 Å². The number of piperidine rings is 1. The molecule has 0 aromatic rings. The summed E-state index contributed by atoms with van der Waals surface area (Å²) >= 11 is 0. The maximum absolute atomic E-state index is 11.4. The van der Waals surface area contributed by atoms with Gasteiger partial charge >= 0.3 is 0 Å². The van der Waals surface area contributed by atoms with Gasteiger partial charge in [-0.2, -0.15) is 0 Å². The lowest BCUT2D eigenvalue weighted by atomic mass is 10.1. The number of nitrogens with one attached hydrogen (secondary N) is 1. The zero-order valence-electron chi connectivity index (χ0n) is 8.32. The smallest absolute Gasteiger partial charge is 0.242 e. The first-order valence-corrected chi connectivity index (χ1v) is 4.80. The lowest BCUT2D eigenvalue weighted by molar-refractivity contribution is -0.135. The largest absolute Gasteiger partial charge is 0.391 e. The van der Waals surface area contributed by atoms with Gasteiger partial charge in [-0.3, -0.25) is 9.59 Å². The molecule has 1 saturated heterocycles. The van der Waals surface area contributed by atoms with E-state index in [1.165, 1.54) is 6.92 Å². The summed E-state index contributed by atoms with van der Waals surface area (Å²) in [5.41, 5.74) is 0. The minimum Gasteiger partial charge on any atom is -0.391 e. The number of amides is 2. The third-order valence-electron chi connectivity index (χ3n) is 2.24. The number of rotatable bonds is 2. The highest BCUT2D eigenvalue weighted by Gasteiger charge is 2.21. The molecule has 1 aliphatic rings. The van der Waals surface area contributed by atoms with Gasteiger partial charge < -0.3 is 15.3 Å². The van der Waals surface area contributed by atoms with Gasteiger partial charge in [0.1, 0.15) is 0 Å². The fourth-order valence-electron chi connectivity index (χ4n) is 1.49. The Kier molecular flexibility index (Phi) is 3.88. The summed E-state index contributed by atoms with van der Waals surface area (Å²) in [6.45, 7) is 2.47. The molecule has 0 aromatic carbocycles. The van der Waals surface area contributed by atoms with Crippen molar-refractivity contribution in [3.05, 3.63) is 0 Å². The SMILES string of the molecule is CC(=O)NCC(=O)N1CCC[C@@H](O)C1. The van der Waals surface area contributed by atoms with E-state index in [2.05, 4.69) is 5.32 Å². The number of β-amino-alcohol motifs (C(OH)–C–C–N with tert-alkyl or cyclic N) is 1. The van der Waals surface area contributed by atoms with Gasteiger partial charge in [-0.25, -0.2) is 0 Å². The topological polar surface area (TPSA) is 69.6 Å². The summed E-state index contributed by atoms with van der Waals surface area (Å²) in [4.78, 5) is 23.6. The highest BCUT2D eigenvalue weighted by atomic mass is 16.3. The molecule has 0 radical (unpaired) electrons. The zero-order chi connectivity index (χ0) is 10.6. The molecule has 1 atom stereocenters. The number of likely N-dealkylation sites (tertiary alicyclic amines) is 1. The molecule has 5 nitrogen and oxygen atoms in total. The van der Waals surface area contributed by atoms with Crippen LogP contribution in [0.2, 0.25) is 0 Å². The number of aliphatic hydroxyl groups is 1. The van der Waals surface area contributed by atoms with Crippen LogP contribution in [0.3, 0.4) is 0 Å². The van der Waals surface area contributed by atoms with Crippen molar-refractivity contribution < 1.29 is 14.7 Å². The molecule has 1 rings (SSSR count). The molecular weight excluding hydrogens is 184 g/mol. The Morgan fingerprint density at radius 2 is 2.29 bits per heavy atom. The number of hydrogen-bond donors (Lipinski definition) is 2. The van der Waals surface area contributed by atoms with Gasteiger partial charge in [-0.05, 0) is 12.8 Å². The summed E-state index contributed by atoms with van der Waals surface area (Å²) in [7, 11) is 0. The van der Waals surface area contributed by atoms with Crippen LogP contribution < -0.4 is 5.32 Å². The van der Waals surface area contributed by atoms with Crippen molar-refractivity contribution in [3.8, 4) is 0 Å². The van der Waals surface area contributed by atoms with E-state index in [1.807, 2.05) is 0 Å². The second kappa shape index (κ2) is 4.95. The molecule has 80 valence electrons. The fourth-order valence-corrected chi connectivity index (χ4v) is 1.49. The predicted octanol–water partition coefficient (Wildman–Crippen LogP) is -0.894. The van der Waals surface area contributed by atoms with Crippen LogP contribution in [0.25, 0.3) is 0 Å². The lowest BCUT2D eigenvalue weighted by Crippen LogP contribution is -2.46. The van der Waals surface area contributed by atoms with E-state index >= 15 is 0 Å². The quantitative estimate of drug-likeness (QED) is 0.607. The first-order valence-electron chi connectivity index (χ1n) is 4.80. The molecule has 2 amide bonds. The molecule has 0 aromatic heterocycles. The minimum absolute atomic E-state index is 0.0298. The van der Waals surface area contributed by atoms with Crippen molar-refractivity contribution in [2.45, 2.75) is 25.9 Å². The van der Waals surface area contributed by atoms with Gasteiger partial charge in [0.05, 0.1) is 12.6 Å². The fraction of sp³-hybridized carbons (Fsp3) is 0.778. The predicted molar refractivity (Wildman–Crippen MR) is 50.5 cm³/mol. The van der Waals surface area contributed by atoms with Crippen LogP contribution >= 0.6 is 0 Å². The Morgan fingerprint density at radius 3 is 2.86 bits per heavy atom. The second-order valence-corrected chi connectivity index (χ2v) is 3.55. The molecule has 0 bridgehead atoms. The highest BCUT2D eigenvalue weighted by Crippen LogP contribution is 2.09. The highest BCUT2D eigenvalue weighted by molar-refractivity contribution is 5.83. The minimum atomic E-state index is -0.412. The molecule has 1 aliphatic heterocycles. The standard InChI is InChI=1S/C9H16N2O3/c1-7(12)10-5-9(14)11-4-2-3-8(13)6-11/h8,13H,2-6H2,1H3,(H,10,12)/t8-/m1/s1. The number of aliphatic hydroxyl groups excluding tert-OH is 1. The summed E-state index contributed by atoms with van der Waals surface area (Å²) in [5.74, 6) is -0.338. The van der Waals surface area contributed by atoms with E-state index in [-0.39, 0.29) is 18.4 Å². The first kappa shape index (κ1) is 11.0. The zero-order valence-corrected chi connectivity index (χ0v) is 8.32. The summed E-state index contributed by atoms with van der Waals surface area (Å²) in [5, 5.41) is 11.8. The van der Waals surface area contributed by atoms with Crippen molar-refractivity contribution in [1.82, 2.24) is 10.2 Å². The average Bonchev–Trinajstić information content (AvgIpc) is 2.14. The molecule has 1 fully saturated rings. The Morgan fingerprint density at radius 1 is 1.57 bits per heavy atom. The van der Waals surface area contributed by atoms with E-state index in [1.54, 1.807) is 4.90 Å². The monoisotopic (exact) mass is 200 g/mol. The number of carbonyl (C=O) groups is 2. The summed E-state index contributed by atoms with van der Waals surface area (Å²) in [6, 6.07) is 0. The Bertz CT molecular complexity index is 230. The van der Waals surface area contributed by atoms with Gasteiger partial charge in [0, 0.05) is 20.0 Å². The lowest BCUT2D eigenvalue weighted by Gasteiger charge is -2.30. The molecule has 0 saturated carbocycles. The average molecular weight is 200 g/mol. The van der Waals surface area contributed by atoms with Crippen molar-refractivity contribution in [2.75, 3.05) is 19.6 Å². The van der Waals surface area contributed by atoms with E-state index in [9.17, 15) is 14.7 Å². The molecule has 14 heavy (non-hydrogen) atoms. The number of nitrogens with zero attached hydrogens (tertiary/aromatic N) is 1. The summed E-state index contributed by atoms with van der Waals surface area (Å²) < 4.78 is 0. The van der Waals surface area contributed by atoms with Crippen molar-refractivity contribution in [1.29, 1.82) is 0 Å². The van der Waals surface area contributed by atoms with Gasteiger partial charge in [0.15, 0.2) is 0 Å². The molecule has 0 aliphatic carbocycles. The van der Waals surface area contributed by atoms with Gasteiger partial charge in [-0.15, -0.1) is 0 Å². The Hall–Kier alpha value is -1.10. The summed E-state index contributed by atoms with van der Waals surface area (Å²) in [6.07, 6.45) is 1.17. The van der Waals surface area contributed by atoms with Crippen LogP contribution in [0.1, 0.15) is 19.8 Å². The van der Waals surface area contributed by atoms with Crippen LogP contribution in [0.15, 0.2) is 0 Å².